The predicted octanol–water partition coefficient (Wildman–Crippen LogP) is 3.57. The Labute approximate surface area is 212 Å². The number of anilines is 2. The third-order valence-electron chi connectivity index (χ3n) is 6.30. The van der Waals surface area contributed by atoms with Crippen LogP contribution in [0.15, 0.2) is 53.5 Å². The number of aromatic amines is 2. The van der Waals surface area contributed by atoms with Crippen molar-refractivity contribution in [1.29, 1.82) is 0 Å². The number of imidazole rings is 1. The Morgan fingerprint density at radius 1 is 1.31 bits per heavy atom. The third-order valence-corrected chi connectivity index (χ3v) is 6.54. The molecule has 1 aliphatic heterocycles. The van der Waals surface area contributed by atoms with Crippen molar-refractivity contribution in [3.8, 4) is 11.4 Å². The predicted molar refractivity (Wildman–Crippen MR) is 141 cm³/mol. The van der Waals surface area contributed by atoms with Crippen molar-refractivity contribution in [3.05, 3.63) is 75.2 Å². The van der Waals surface area contributed by atoms with Crippen molar-refractivity contribution < 1.29 is 14.9 Å². The number of H-pyrrole nitrogens is 2. The van der Waals surface area contributed by atoms with Crippen LogP contribution in [-0.4, -0.2) is 57.2 Å². The van der Waals surface area contributed by atoms with Gasteiger partial charge in [-0.2, -0.15) is 0 Å². The Kier molecular flexibility index (Phi) is 6.48. The molecule has 0 radical (unpaired) electrons. The molecule has 0 amide bonds. The van der Waals surface area contributed by atoms with Gasteiger partial charge in [-0.3, -0.25) is 4.79 Å². The number of nitrogens with zero attached hydrogens (tertiary/aromatic N) is 2. The van der Waals surface area contributed by atoms with Crippen LogP contribution in [0, 0.1) is 6.92 Å². The van der Waals surface area contributed by atoms with E-state index in [2.05, 4.69) is 20.2 Å². The first-order chi connectivity index (χ1) is 17.2. The fourth-order valence-corrected chi connectivity index (χ4v) is 4.75. The van der Waals surface area contributed by atoms with Crippen LogP contribution in [0.4, 0.5) is 11.4 Å². The van der Waals surface area contributed by atoms with E-state index in [1.165, 1.54) is 0 Å². The Hall–Kier alpha value is -3.37. The van der Waals surface area contributed by atoms with E-state index in [0.29, 0.717) is 47.4 Å². The van der Waals surface area contributed by atoms with Gasteiger partial charge in [-0.25, -0.2) is 4.98 Å². The molecule has 1 aliphatic rings. The van der Waals surface area contributed by atoms with Crippen LogP contribution >= 0.6 is 11.6 Å². The van der Waals surface area contributed by atoms with Gasteiger partial charge >= 0.3 is 0 Å². The number of pyridine rings is 1. The highest BCUT2D eigenvalue weighted by molar-refractivity contribution is 6.30. The van der Waals surface area contributed by atoms with E-state index >= 15 is 0 Å². The minimum Gasteiger partial charge on any atom is -0.387 e. The van der Waals surface area contributed by atoms with Crippen LogP contribution in [0.5, 0.6) is 0 Å². The first-order valence-electron chi connectivity index (χ1n) is 11.7. The van der Waals surface area contributed by atoms with Crippen molar-refractivity contribution in [2.75, 3.05) is 36.5 Å². The van der Waals surface area contributed by atoms with Gasteiger partial charge in [0.25, 0.3) is 5.56 Å². The second kappa shape index (κ2) is 9.59. The smallest absolute Gasteiger partial charge is 0.261 e. The molecule has 0 bridgehead atoms. The Morgan fingerprint density at radius 3 is 2.92 bits per heavy atom. The zero-order chi connectivity index (χ0) is 25.4. The zero-order valence-corrected chi connectivity index (χ0v) is 20.8. The molecule has 1 saturated heterocycles. The normalized spacial score (nSPS) is 19.0. The van der Waals surface area contributed by atoms with Crippen molar-refractivity contribution >= 4 is 34.0 Å². The molecule has 10 heteroatoms. The summed E-state index contributed by atoms with van der Waals surface area (Å²) in [6.07, 6.45) is 0.734. The average molecular weight is 510 g/mol. The first-order valence-corrected chi connectivity index (χ1v) is 12.1. The molecule has 2 unspecified atom stereocenters. The van der Waals surface area contributed by atoms with Gasteiger partial charge in [-0.15, -0.1) is 0 Å². The number of fused-ring (bicyclic) bond motifs is 1. The van der Waals surface area contributed by atoms with Gasteiger partial charge in [-0.1, -0.05) is 23.7 Å². The number of halogens is 1. The lowest BCUT2D eigenvalue weighted by atomic mass is 10.1. The summed E-state index contributed by atoms with van der Waals surface area (Å²) in [5, 5.41) is 24.7. The number of hydrogen-bond donors (Lipinski definition) is 5. The number of aryl methyl sites for hydroxylation is 1. The number of nitrogens with one attached hydrogen (secondary N) is 3. The molecule has 2 aromatic carbocycles. The summed E-state index contributed by atoms with van der Waals surface area (Å²) >= 11 is 6.05. The van der Waals surface area contributed by atoms with Crippen LogP contribution in [-0.2, 0) is 4.74 Å². The van der Waals surface area contributed by atoms with E-state index in [9.17, 15) is 15.0 Å². The number of β-amino-alcohol motifs (C(OH)–C–C–N with tert-alkyl or cyclic N) is 1. The molecule has 36 heavy (non-hydrogen) atoms. The number of morpholine rings is 1. The lowest BCUT2D eigenvalue weighted by Crippen LogP contribution is -2.50. The number of benzene rings is 2. The zero-order valence-electron chi connectivity index (χ0n) is 20.0. The maximum atomic E-state index is 12.9. The van der Waals surface area contributed by atoms with Gasteiger partial charge in [-0.05, 0) is 55.3 Å². The highest BCUT2D eigenvalue weighted by Crippen LogP contribution is 2.31. The van der Waals surface area contributed by atoms with E-state index in [1.54, 1.807) is 43.5 Å². The van der Waals surface area contributed by atoms with Gasteiger partial charge in [0.05, 0.1) is 36.0 Å². The summed E-state index contributed by atoms with van der Waals surface area (Å²) in [5.41, 5.74) is 4.66. The summed E-state index contributed by atoms with van der Waals surface area (Å²) in [4.78, 5) is 25.7. The van der Waals surface area contributed by atoms with Crippen LogP contribution in [0.2, 0.25) is 5.02 Å². The van der Waals surface area contributed by atoms with Gasteiger partial charge in [0.2, 0.25) is 0 Å². The third kappa shape index (κ3) is 4.96. The lowest BCUT2D eigenvalue weighted by Gasteiger charge is -2.38. The van der Waals surface area contributed by atoms with Crippen LogP contribution in [0.3, 0.4) is 0 Å². The summed E-state index contributed by atoms with van der Waals surface area (Å²) in [6.45, 7) is 5.22. The van der Waals surface area contributed by atoms with Gasteiger partial charge in [0, 0.05) is 30.0 Å². The Balaban J connectivity index is 1.45. The van der Waals surface area contributed by atoms with Gasteiger partial charge in [0.1, 0.15) is 11.4 Å². The van der Waals surface area contributed by atoms with E-state index in [4.69, 9.17) is 21.3 Å². The summed E-state index contributed by atoms with van der Waals surface area (Å²) in [5.74, 6) is -0.797. The topological polar surface area (TPSA) is 126 Å². The molecule has 5 rings (SSSR count). The summed E-state index contributed by atoms with van der Waals surface area (Å²) in [7, 11) is 0. The lowest BCUT2D eigenvalue weighted by molar-refractivity contribution is -0.193. The maximum absolute atomic E-state index is 12.9. The molecule has 0 aliphatic carbocycles. The molecule has 3 heterocycles. The molecule has 4 aromatic rings. The molecule has 9 nitrogen and oxygen atoms in total. The largest absolute Gasteiger partial charge is 0.387 e. The fourth-order valence-electron chi connectivity index (χ4n) is 4.55. The average Bonchev–Trinajstić information content (AvgIpc) is 3.26. The van der Waals surface area contributed by atoms with E-state index in [-0.39, 0.29) is 12.1 Å². The monoisotopic (exact) mass is 509 g/mol. The molecular formula is C26H28ClN5O4. The molecule has 188 valence electrons. The summed E-state index contributed by atoms with van der Waals surface area (Å²) in [6, 6.07) is 12.8. The number of ether oxygens (including phenoxy) is 1. The van der Waals surface area contributed by atoms with Crippen LogP contribution in [0.1, 0.15) is 24.2 Å². The second-order valence-electron chi connectivity index (χ2n) is 9.24. The maximum Gasteiger partial charge on any atom is 0.261 e. The van der Waals surface area contributed by atoms with Crippen LogP contribution < -0.4 is 15.8 Å². The molecular weight excluding hydrogens is 482 g/mol. The van der Waals surface area contributed by atoms with Crippen molar-refractivity contribution in [2.45, 2.75) is 25.7 Å². The van der Waals surface area contributed by atoms with Gasteiger partial charge in [0.15, 0.2) is 5.79 Å². The quantitative estimate of drug-likeness (QED) is 0.269. The van der Waals surface area contributed by atoms with Crippen molar-refractivity contribution in [1.82, 2.24) is 15.0 Å². The molecule has 0 saturated carbocycles. The molecule has 5 N–H and O–H groups in total. The van der Waals surface area contributed by atoms with Crippen LogP contribution in [0.25, 0.3) is 22.4 Å². The van der Waals surface area contributed by atoms with E-state index < -0.39 is 11.9 Å². The Morgan fingerprint density at radius 2 is 2.14 bits per heavy atom. The summed E-state index contributed by atoms with van der Waals surface area (Å²) < 4.78 is 5.42. The second-order valence-corrected chi connectivity index (χ2v) is 9.67. The molecule has 0 spiro atoms. The highest BCUT2D eigenvalue weighted by Gasteiger charge is 2.30. The highest BCUT2D eigenvalue weighted by atomic mass is 35.5. The standard InChI is InChI=1S/C26H28ClN5O4/c1-15-10-18(32-8-9-36-26(2,35)14-32)12-20-23(15)31-24(30-20)22-19(6-7-28-25(22)34)29-13-21(33)16-4-3-5-17(27)11-16/h3-7,10-12,21,33,35H,8-9,13-14H2,1-2H3,(H,30,31)(H2,28,29,34). The Bertz CT molecular complexity index is 1460. The van der Waals surface area contributed by atoms with E-state index in [0.717, 1.165) is 22.3 Å². The fraction of sp³-hybridized carbons (Fsp3) is 0.308. The number of hydrogen-bond acceptors (Lipinski definition) is 7. The van der Waals surface area contributed by atoms with Crippen molar-refractivity contribution in [3.63, 3.8) is 0 Å². The number of aliphatic hydroxyl groups is 2. The number of aromatic nitrogens is 3. The number of aliphatic hydroxyl groups excluding tert-OH is 1. The van der Waals surface area contributed by atoms with Gasteiger partial charge < -0.3 is 35.1 Å². The first kappa shape index (κ1) is 24.3. The van der Waals surface area contributed by atoms with E-state index in [1.807, 2.05) is 19.1 Å². The SMILES string of the molecule is Cc1cc(N2CCOC(C)(O)C2)cc2[nH]c(-c3c(NCC(O)c4cccc(Cl)c4)cc[nH]c3=O)nc12. The number of rotatable bonds is 6. The molecule has 1 fully saturated rings. The minimum absolute atomic E-state index is 0.178. The van der Waals surface area contributed by atoms with Crippen molar-refractivity contribution in [2.24, 2.45) is 0 Å². The molecule has 2 atom stereocenters. The molecule has 2 aromatic heterocycles. The minimum atomic E-state index is -1.21.